The summed E-state index contributed by atoms with van der Waals surface area (Å²) in [5.41, 5.74) is 0.731. The van der Waals surface area contributed by atoms with Crippen molar-refractivity contribution in [3.05, 3.63) is 18.3 Å². The standard InChI is InChI=1S/C17H26N4O2S/c1-14-12-20(9-10-24(14)23)13-17(22)19-15-5-6-16(18-11-15)21-7-3-2-4-8-21/h5-6,11,14H,2-4,7-10,12-13H2,1H3,(H,19,22). The number of carbonyl (C=O) groups excluding carboxylic acids is 1. The fourth-order valence-corrected chi connectivity index (χ4v) is 4.49. The van der Waals surface area contributed by atoms with Crippen LogP contribution < -0.4 is 10.2 Å². The van der Waals surface area contributed by atoms with Crippen LogP contribution in [-0.2, 0) is 15.6 Å². The van der Waals surface area contributed by atoms with Crippen LogP contribution in [0.2, 0.25) is 0 Å². The van der Waals surface area contributed by atoms with Crippen LogP contribution >= 0.6 is 0 Å². The van der Waals surface area contributed by atoms with Crippen molar-refractivity contribution >= 4 is 28.2 Å². The molecule has 0 radical (unpaired) electrons. The van der Waals surface area contributed by atoms with Gasteiger partial charge in [-0.15, -0.1) is 0 Å². The van der Waals surface area contributed by atoms with Crippen LogP contribution in [0.4, 0.5) is 11.5 Å². The van der Waals surface area contributed by atoms with Gasteiger partial charge in [-0.1, -0.05) is 0 Å². The number of nitrogens with zero attached hydrogens (tertiary/aromatic N) is 3. The molecule has 2 saturated heterocycles. The van der Waals surface area contributed by atoms with Crippen LogP contribution in [0.5, 0.6) is 0 Å². The largest absolute Gasteiger partial charge is 0.357 e. The molecule has 2 aliphatic rings. The lowest BCUT2D eigenvalue weighted by Crippen LogP contribution is -2.45. The number of amides is 1. The van der Waals surface area contributed by atoms with Gasteiger partial charge in [0.1, 0.15) is 5.82 Å². The van der Waals surface area contributed by atoms with Gasteiger partial charge in [0, 0.05) is 48.0 Å². The number of nitrogens with one attached hydrogen (secondary N) is 1. The van der Waals surface area contributed by atoms with E-state index < -0.39 is 10.8 Å². The van der Waals surface area contributed by atoms with Crippen molar-refractivity contribution in [2.75, 3.05) is 48.7 Å². The highest BCUT2D eigenvalue weighted by atomic mass is 32.2. The molecular weight excluding hydrogens is 324 g/mol. The molecule has 2 fully saturated rings. The van der Waals surface area contributed by atoms with Gasteiger partial charge in [0.05, 0.1) is 18.4 Å². The topological polar surface area (TPSA) is 65.5 Å². The molecule has 0 saturated carbocycles. The third-order valence-electron chi connectivity index (χ3n) is 4.65. The summed E-state index contributed by atoms with van der Waals surface area (Å²) < 4.78 is 11.7. The monoisotopic (exact) mass is 350 g/mol. The van der Waals surface area contributed by atoms with Crippen molar-refractivity contribution in [3.8, 4) is 0 Å². The first-order chi connectivity index (χ1) is 11.6. The lowest BCUT2D eigenvalue weighted by atomic mass is 10.1. The van der Waals surface area contributed by atoms with Crippen LogP contribution in [0.3, 0.4) is 0 Å². The van der Waals surface area contributed by atoms with E-state index in [9.17, 15) is 9.00 Å². The Kier molecular flexibility index (Phi) is 5.84. The zero-order chi connectivity index (χ0) is 16.9. The van der Waals surface area contributed by atoms with E-state index in [2.05, 4.69) is 20.1 Å². The molecule has 1 N–H and O–H groups in total. The second-order valence-corrected chi connectivity index (χ2v) is 8.61. The second-order valence-electron chi connectivity index (χ2n) is 6.63. The van der Waals surface area contributed by atoms with Crippen molar-refractivity contribution in [2.24, 2.45) is 0 Å². The number of anilines is 2. The predicted octanol–water partition coefficient (Wildman–Crippen LogP) is 1.46. The highest BCUT2D eigenvalue weighted by molar-refractivity contribution is 7.85. The molecule has 132 valence electrons. The second kappa shape index (κ2) is 8.07. The highest BCUT2D eigenvalue weighted by Crippen LogP contribution is 2.19. The molecule has 3 rings (SSSR count). The van der Waals surface area contributed by atoms with E-state index in [0.717, 1.165) is 31.1 Å². The fraction of sp³-hybridized carbons (Fsp3) is 0.647. The van der Waals surface area contributed by atoms with Crippen molar-refractivity contribution in [3.63, 3.8) is 0 Å². The van der Waals surface area contributed by atoms with Gasteiger partial charge < -0.3 is 10.2 Å². The Morgan fingerprint density at radius 2 is 2.08 bits per heavy atom. The Morgan fingerprint density at radius 1 is 1.29 bits per heavy atom. The van der Waals surface area contributed by atoms with Gasteiger partial charge in [0.15, 0.2) is 0 Å². The summed E-state index contributed by atoms with van der Waals surface area (Å²) in [5, 5.41) is 3.04. The summed E-state index contributed by atoms with van der Waals surface area (Å²) in [6.45, 7) is 5.88. The van der Waals surface area contributed by atoms with E-state index in [-0.39, 0.29) is 11.2 Å². The zero-order valence-corrected chi connectivity index (χ0v) is 15.1. The lowest BCUT2D eigenvalue weighted by molar-refractivity contribution is -0.117. The Balaban J connectivity index is 1.50. The van der Waals surface area contributed by atoms with Gasteiger partial charge in [0.25, 0.3) is 0 Å². The summed E-state index contributed by atoms with van der Waals surface area (Å²) in [5.74, 6) is 1.60. The van der Waals surface area contributed by atoms with Crippen LogP contribution in [-0.4, -0.2) is 63.7 Å². The first-order valence-corrected chi connectivity index (χ1v) is 10.1. The average Bonchev–Trinajstić information content (AvgIpc) is 2.59. The molecule has 2 atom stereocenters. The van der Waals surface area contributed by atoms with Crippen molar-refractivity contribution in [1.29, 1.82) is 0 Å². The molecule has 1 aromatic heterocycles. The Hall–Kier alpha value is -1.47. The molecule has 1 aromatic rings. The molecule has 24 heavy (non-hydrogen) atoms. The molecule has 2 unspecified atom stereocenters. The van der Waals surface area contributed by atoms with Gasteiger partial charge in [-0.2, -0.15) is 0 Å². The van der Waals surface area contributed by atoms with E-state index >= 15 is 0 Å². The SMILES string of the molecule is CC1CN(CC(=O)Nc2ccc(N3CCCCC3)nc2)CCS1=O. The van der Waals surface area contributed by atoms with Gasteiger partial charge in [-0.3, -0.25) is 13.9 Å². The molecule has 6 nitrogen and oxygen atoms in total. The minimum Gasteiger partial charge on any atom is -0.357 e. The Labute approximate surface area is 146 Å². The number of carbonyl (C=O) groups is 1. The van der Waals surface area contributed by atoms with Crippen LogP contribution in [0.15, 0.2) is 18.3 Å². The van der Waals surface area contributed by atoms with Crippen LogP contribution in [0.25, 0.3) is 0 Å². The maximum Gasteiger partial charge on any atom is 0.238 e. The summed E-state index contributed by atoms with van der Waals surface area (Å²) in [4.78, 5) is 21.0. The van der Waals surface area contributed by atoms with E-state index in [0.29, 0.717) is 18.8 Å². The van der Waals surface area contributed by atoms with Crippen LogP contribution in [0.1, 0.15) is 26.2 Å². The number of piperidine rings is 1. The van der Waals surface area contributed by atoms with E-state index in [1.807, 2.05) is 19.1 Å². The van der Waals surface area contributed by atoms with Gasteiger partial charge >= 0.3 is 0 Å². The quantitative estimate of drug-likeness (QED) is 0.891. The molecular formula is C17H26N4O2S. The van der Waals surface area contributed by atoms with Gasteiger partial charge in [-0.05, 0) is 38.3 Å². The molecule has 1 amide bonds. The normalized spacial score (nSPS) is 25.5. The maximum atomic E-state index is 12.2. The molecule has 2 aliphatic heterocycles. The predicted molar refractivity (Wildman–Crippen MR) is 97.8 cm³/mol. The lowest BCUT2D eigenvalue weighted by Gasteiger charge is -2.29. The number of pyridine rings is 1. The maximum absolute atomic E-state index is 12.2. The third-order valence-corrected chi connectivity index (χ3v) is 6.28. The van der Waals surface area contributed by atoms with Crippen LogP contribution in [0, 0.1) is 0 Å². The first kappa shape index (κ1) is 17.4. The van der Waals surface area contributed by atoms with Gasteiger partial charge in [-0.25, -0.2) is 4.98 Å². The highest BCUT2D eigenvalue weighted by Gasteiger charge is 2.23. The number of rotatable bonds is 4. The molecule has 0 aromatic carbocycles. The molecule has 0 bridgehead atoms. The summed E-state index contributed by atoms with van der Waals surface area (Å²) in [6.07, 6.45) is 5.47. The minimum absolute atomic E-state index is 0.0394. The van der Waals surface area contributed by atoms with Crippen molar-refractivity contribution < 1.29 is 9.00 Å². The van der Waals surface area contributed by atoms with E-state index in [1.54, 1.807) is 6.20 Å². The number of hydrogen-bond acceptors (Lipinski definition) is 5. The summed E-state index contributed by atoms with van der Waals surface area (Å²) in [7, 11) is -0.752. The molecule has 3 heterocycles. The average molecular weight is 350 g/mol. The smallest absolute Gasteiger partial charge is 0.238 e. The van der Waals surface area contributed by atoms with E-state index in [1.165, 1.54) is 19.3 Å². The number of hydrogen-bond donors (Lipinski definition) is 1. The molecule has 0 spiro atoms. The summed E-state index contributed by atoms with van der Waals surface area (Å²) >= 11 is 0. The number of aromatic nitrogens is 1. The Morgan fingerprint density at radius 3 is 2.75 bits per heavy atom. The third kappa shape index (κ3) is 4.54. The van der Waals surface area contributed by atoms with Crippen molar-refractivity contribution in [1.82, 2.24) is 9.88 Å². The minimum atomic E-state index is -0.752. The molecule has 7 heteroatoms. The zero-order valence-electron chi connectivity index (χ0n) is 14.2. The molecule has 0 aliphatic carbocycles. The first-order valence-electron chi connectivity index (χ1n) is 8.72. The van der Waals surface area contributed by atoms with E-state index in [4.69, 9.17) is 0 Å². The Bertz CT molecular complexity index is 587. The summed E-state index contributed by atoms with van der Waals surface area (Å²) in [6, 6.07) is 3.90. The fourth-order valence-electron chi connectivity index (χ4n) is 3.28. The van der Waals surface area contributed by atoms with Gasteiger partial charge in [0.2, 0.25) is 5.91 Å². The van der Waals surface area contributed by atoms with Crippen molar-refractivity contribution in [2.45, 2.75) is 31.4 Å².